The number of hydrogen-bond donors (Lipinski definition) is 1. The Bertz CT molecular complexity index is 891. The Morgan fingerprint density at radius 3 is 2.65 bits per heavy atom. The van der Waals surface area contributed by atoms with Crippen LogP contribution in [0.5, 0.6) is 0 Å². The number of nitrogens with one attached hydrogen (secondary N) is 1. The fourth-order valence-corrected chi connectivity index (χ4v) is 2.59. The van der Waals surface area contributed by atoms with Crippen molar-refractivity contribution in [3.63, 3.8) is 0 Å². The summed E-state index contributed by atoms with van der Waals surface area (Å²) in [6.07, 6.45) is 2.81. The second-order valence-electron chi connectivity index (χ2n) is 4.81. The van der Waals surface area contributed by atoms with E-state index >= 15 is 0 Å². The number of hydrogen-bond acceptors (Lipinski definition) is 6. The first-order chi connectivity index (χ1) is 11.0. The Hall–Kier alpha value is -2.81. The van der Waals surface area contributed by atoms with Gasteiger partial charge >= 0.3 is 5.82 Å². The smallest absolute Gasteiger partial charge is 0.363 e. The summed E-state index contributed by atoms with van der Waals surface area (Å²) in [6.45, 7) is 0.498. The Labute approximate surface area is 133 Å². The summed E-state index contributed by atoms with van der Waals surface area (Å²) < 4.78 is 12.5. The van der Waals surface area contributed by atoms with Crippen LogP contribution in [0, 0.1) is 10.1 Å². The van der Waals surface area contributed by atoms with Gasteiger partial charge < -0.3 is 15.4 Å². The van der Waals surface area contributed by atoms with Crippen molar-refractivity contribution in [2.24, 2.45) is 0 Å². The summed E-state index contributed by atoms with van der Waals surface area (Å²) in [5.74, 6) is 0.320. The lowest BCUT2D eigenvalue weighted by molar-refractivity contribution is -0.391. The van der Waals surface area contributed by atoms with Gasteiger partial charge in [0, 0.05) is 34.6 Å². The standard InChI is InChI=1S/C14H13N5O3S/c1-23(22)11-4-2-10(3-5-11)8-15-12-6-7-13-16-9-14(19(20)21)18(13)17-12/h2-7,9H,8H2,1H3,(H,15,17). The largest absolute Gasteiger partial charge is 0.368 e. The van der Waals surface area contributed by atoms with Gasteiger partial charge in [0.2, 0.25) is 5.65 Å². The number of imidazole rings is 1. The van der Waals surface area contributed by atoms with E-state index in [1.807, 2.05) is 24.3 Å². The van der Waals surface area contributed by atoms with Crippen molar-refractivity contribution in [1.82, 2.24) is 14.6 Å². The van der Waals surface area contributed by atoms with E-state index < -0.39 is 15.7 Å². The first-order valence-corrected chi connectivity index (χ1v) is 8.26. The maximum atomic E-state index is 11.3. The normalized spacial score (nSPS) is 12.2. The van der Waals surface area contributed by atoms with Gasteiger partial charge in [0.05, 0.1) is 0 Å². The molecule has 1 atom stereocenters. The molecule has 1 aromatic carbocycles. The summed E-state index contributed by atoms with van der Waals surface area (Å²) in [5, 5.41) is 18.2. The second kappa shape index (κ2) is 6.13. The van der Waals surface area contributed by atoms with Gasteiger partial charge in [-0.05, 0) is 28.7 Å². The third-order valence-electron chi connectivity index (χ3n) is 3.26. The lowest BCUT2D eigenvalue weighted by Gasteiger charge is -2.05. The molecule has 9 heteroatoms. The van der Waals surface area contributed by atoms with Gasteiger partial charge in [-0.25, -0.2) is 4.98 Å². The Morgan fingerprint density at radius 1 is 1.26 bits per heavy atom. The predicted molar refractivity (Wildman–Crippen MR) is 85.7 cm³/mol. The molecule has 2 heterocycles. The number of rotatable bonds is 5. The zero-order chi connectivity index (χ0) is 16.4. The van der Waals surface area contributed by atoms with Crippen LogP contribution in [0.3, 0.4) is 0 Å². The van der Waals surface area contributed by atoms with Crippen LogP contribution in [-0.4, -0.2) is 30.0 Å². The zero-order valence-corrected chi connectivity index (χ0v) is 13.0. The molecule has 1 N–H and O–H groups in total. The highest BCUT2D eigenvalue weighted by Crippen LogP contribution is 2.15. The van der Waals surface area contributed by atoms with Gasteiger partial charge in [0.15, 0.2) is 5.82 Å². The van der Waals surface area contributed by atoms with Crippen LogP contribution in [0.15, 0.2) is 47.5 Å². The summed E-state index contributed by atoms with van der Waals surface area (Å²) in [5.41, 5.74) is 1.40. The number of nitrogens with zero attached hydrogens (tertiary/aromatic N) is 4. The van der Waals surface area contributed by atoms with Gasteiger partial charge in [0.1, 0.15) is 6.20 Å². The van der Waals surface area contributed by atoms with Crippen molar-refractivity contribution >= 4 is 28.1 Å². The molecule has 8 nitrogen and oxygen atoms in total. The van der Waals surface area contributed by atoms with Crippen LogP contribution in [0.1, 0.15) is 5.56 Å². The first kappa shape index (κ1) is 15.1. The van der Waals surface area contributed by atoms with E-state index in [0.29, 0.717) is 18.0 Å². The number of fused-ring (bicyclic) bond motifs is 1. The molecule has 2 aromatic heterocycles. The van der Waals surface area contributed by atoms with Crippen LogP contribution in [0.25, 0.3) is 5.65 Å². The molecule has 118 valence electrons. The van der Waals surface area contributed by atoms with Gasteiger partial charge in [0.25, 0.3) is 0 Å². The van der Waals surface area contributed by atoms with E-state index in [2.05, 4.69) is 15.4 Å². The number of nitro groups is 1. The molecule has 23 heavy (non-hydrogen) atoms. The molecule has 0 radical (unpaired) electrons. The molecular formula is C14H13N5O3S. The minimum absolute atomic E-state index is 0.182. The van der Waals surface area contributed by atoms with Crippen LogP contribution in [0.4, 0.5) is 11.6 Å². The molecular weight excluding hydrogens is 318 g/mol. The van der Waals surface area contributed by atoms with E-state index in [9.17, 15) is 14.3 Å². The summed E-state index contributed by atoms with van der Waals surface area (Å²) in [4.78, 5) is 15.1. The van der Waals surface area contributed by atoms with E-state index in [1.54, 1.807) is 18.4 Å². The lowest BCUT2D eigenvalue weighted by atomic mass is 10.2. The quantitative estimate of drug-likeness (QED) is 0.566. The van der Waals surface area contributed by atoms with Gasteiger partial charge in [-0.15, -0.1) is 0 Å². The molecule has 0 saturated heterocycles. The van der Waals surface area contributed by atoms with E-state index in [1.165, 1.54) is 10.7 Å². The predicted octanol–water partition coefficient (Wildman–Crippen LogP) is 1.99. The molecule has 3 aromatic rings. The maximum absolute atomic E-state index is 11.3. The third-order valence-corrected chi connectivity index (χ3v) is 4.20. The van der Waals surface area contributed by atoms with E-state index in [4.69, 9.17) is 0 Å². The van der Waals surface area contributed by atoms with Crippen molar-refractivity contribution < 1.29 is 9.13 Å². The molecule has 0 aliphatic carbocycles. The molecule has 0 aliphatic rings. The number of benzene rings is 1. The molecule has 3 rings (SSSR count). The Morgan fingerprint density at radius 2 is 2.00 bits per heavy atom. The highest BCUT2D eigenvalue weighted by molar-refractivity contribution is 7.84. The van der Waals surface area contributed by atoms with Crippen LogP contribution in [-0.2, 0) is 17.3 Å². The summed E-state index contributed by atoms with van der Waals surface area (Å²) >= 11 is 0. The molecule has 0 amide bonds. The Balaban J connectivity index is 1.77. The summed E-state index contributed by atoms with van der Waals surface area (Å²) in [6, 6.07) is 10.7. The van der Waals surface area contributed by atoms with Crippen molar-refractivity contribution in [1.29, 1.82) is 0 Å². The molecule has 1 unspecified atom stereocenters. The zero-order valence-electron chi connectivity index (χ0n) is 12.2. The number of aromatic nitrogens is 3. The fraction of sp³-hybridized carbons (Fsp3) is 0.143. The first-order valence-electron chi connectivity index (χ1n) is 6.70. The van der Waals surface area contributed by atoms with Crippen molar-refractivity contribution in [3.05, 3.63) is 58.3 Å². The van der Waals surface area contributed by atoms with Crippen LogP contribution in [0.2, 0.25) is 0 Å². The Kier molecular flexibility index (Phi) is 4.02. The molecule has 0 spiro atoms. The van der Waals surface area contributed by atoms with E-state index in [-0.39, 0.29) is 5.82 Å². The van der Waals surface area contributed by atoms with Gasteiger partial charge in [-0.2, -0.15) is 0 Å². The van der Waals surface area contributed by atoms with Crippen molar-refractivity contribution in [2.75, 3.05) is 11.6 Å². The van der Waals surface area contributed by atoms with E-state index in [0.717, 1.165) is 10.5 Å². The molecule has 0 fully saturated rings. The fourth-order valence-electron chi connectivity index (χ4n) is 2.07. The van der Waals surface area contributed by atoms with Crippen LogP contribution < -0.4 is 5.32 Å². The SMILES string of the molecule is CS(=O)c1ccc(CNc2ccc3ncc([N+](=O)[O-])n3n2)cc1. The van der Waals surface area contributed by atoms with Crippen molar-refractivity contribution in [2.45, 2.75) is 11.4 Å². The highest BCUT2D eigenvalue weighted by Gasteiger charge is 2.15. The van der Waals surface area contributed by atoms with Crippen LogP contribution >= 0.6 is 0 Å². The maximum Gasteiger partial charge on any atom is 0.368 e. The average molecular weight is 331 g/mol. The van der Waals surface area contributed by atoms with Crippen molar-refractivity contribution in [3.8, 4) is 0 Å². The number of anilines is 1. The highest BCUT2D eigenvalue weighted by atomic mass is 32.2. The van der Waals surface area contributed by atoms with Gasteiger partial charge in [-0.3, -0.25) is 4.21 Å². The topological polar surface area (TPSA) is 102 Å². The van der Waals surface area contributed by atoms with Gasteiger partial charge in [-0.1, -0.05) is 21.7 Å². The second-order valence-corrected chi connectivity index (χ2v) is 6.19. The average Bonchev–Trinajstić information content (AvgIpc) is 2.96. The molecule has 0 aliphatic heterocycles. The molecule has 0 bridgehead atoms. The minimum Gasteiger partial charge on any atom is -0.363 e. The third kappa shape index (κ3) is 3.19. The molecule has 0 saturated carbocycles. The monoisotopic (exact) mass is 331 g/mol. The summed E-state index contributed by atoms with van der Waals surface area (Å²) in [7, 11) is -1.00. The minimum atomic E-state index is -1.00. The lowest BCUT2D eigenvalue weighted by Crippen LogP contribution is -2.05.